The summed E-state index contributed by atoms with van der Waals surface area (Å²) in [6, 6.07) is 14.3. The third-order valence-corrected chi connectivity index (χ3v) is 6.35. The number of methoxy groups -OCH3 is 1. The molecule has 2 heterocycles. The van der Waals surface area contributed by atoms with Crippen molar-refractivity contribution in [2.45, 2.75) is 31.7 Å². The van der Waals surface area contributed by atoms with Gasteiger partial charge in [0, 0.05) is 31.9 Å². The summed E-state index contributed by atoms with van der Waals surface area (Å²) < 4.78 is 10.9. The maximum atomic E-state index is 12.5. The van der Waals surface area contributed by atoms with Crippen molar-refractivity contribution in [1.82, 2.24) is 10.2 Å². The van der Waals surface area contributed by atoms with Gasteiger partial charge in [-0.05, 0) is 61.7 Å². The minimum Gasteiger partial charge on any atom is -0.497 e. The molecule has 0 aromatic heterocycles. The summed E-state index contributed by atoms with van der Waals surface area (Å²) in [4.78, 5) is 17.4. The number of likely N-dealkylation sites (tertiary alicyclic amines) is 1. The SMILES string of the molecule is COc1cccc(OCC(=O)NC[C@H](c2ccc3c(c2)CCN3C)N2CCCCC2)c1. The minimum atomic E-state index is -0.106. The standard InChI is InChI=1S/C25H33N3O3/c1-27-14-11-20-15-19(9-10-23(20)27)24(28-12-4-3-5-13-28)17-26-25(29)18-31-22-8-6-7-21(16-22)30-2/h6-10,15-16,24H,3-5,11-14,17-18H2,1-2H3,(H,26,29)/t24-/m1/s1. The van der Waals surface area contributed by atoms with Crippen LogP contribution in [0.3, 0.4) is 0 Å². The number of fused-ring (bicyclic) bond motifs is 1. The van der Waals surface area contributed by atoms with Gasteiger partial charge in [-0.1, -0.05) is 24.6 Å². The van der Waals surface area contributed by atoms with Gasteiger partial charge >= 0.3 is 0 Å². The monoisotopic (exact) mass is 423 g/mol. The fraction of sp³-hybridized carbons (Fsp3) is 0.480. The average molecular weight is 424 g/mol. The summed E-state index contributed by atoms with van der Waals surface area (Å²) in [6.07, 6.45) is 4.82. The number of ether oxygens (including phenoxy) is 2. The Kier molecular flexibility index (Phi) is 6.97. The van der Waals surface area contributed by atoms with Crippen LogP contribution in [0.5, 0.6) is 11.5 Å². The first-order valence-electron chi connectivity index (χ1n) is 11.3. The number of hydrogen-bond acceptors (Lipinski definition) is 5. The van der Waals surface area contributed by atoms with E-state index in [9.17, 15) is 4.79 Å². The molecule has 4 rings (SSSR count). The summed E-state index contributed by atoms with van der Waals surface area (Å²) in [5.41, 5.74) is 4.04. The molecule has 31 heavy (non-hydrogen) atoms. The molecule has 1 saturated heterocycles. The van der Waals surface area contributed by atoms with Crippen LogP contribution in [0.25, 0.3) is 0 Å². The van der Waals surface area contributed by atoms with E-state index in [1.165, 1.54) is 36.1 Å². The van der Waals surface area contributed by atoms with Gasteiger partial charge in [-0.15, -0.1) is 0 Å². The topological polar surface area (TPSA) is 54.0 Å². The Labute approximate surface area is 185 Å². The first-order chi connectivity index (χ1) is 15.1. The predicted octanol–water partition coefficient (Wildman–Crippen LogP) is 3.41. The number of carbonyl (C=O) groups excluding carboxylic acids is 1. The lowest BCUT2D eigenvalue weighted by Gasteiger charge is -2.35. The molecule has 1 atom stereocenters. The van der Waals surface area contributed by atoms with Crippen molar-refractivity contribution in [2.24, 2.45) is 0 Å². The predicted molar refractivity (Wildman–Crippen MR) is 123 cm³/mol. The third-order valence-electron chi connectivity index (χ3n) is 6.35. The van der Waals surface area contributed by atoms with Gasteiger partial charge in [-0.2, -0.15) is 0 Å². The molecule has 2 aliphatic heterocycles. The highest BCUT2D eigenvalue weighted by Gasteiger charge is 2.25. The zero-order chi connectivity index (χ0) is 21.6. The number of nitrogens with zero attached hydrogens (tertiary/aromatic N) is 2. The van der Waals surface area contributed by atoms with Crippen molar-refractivity contribution < 1.29 is 14.3 Å². The first-order valence-corrected chi connectivity index (χ1v) is 11.3. The first kappa shape index (κ1) is 21.5. The average Bonchev–Trinajstić information content (AvgIpc) is 3.19. The Morgan fingerprint density at radius 2 is 1.87 bits per heavy atom. The van der Waals surface area contributed by atoms with Gasteiger partial charge in [-0.3, -0.25) is 9.69 Å². The van der Waals surface area contributed by atoms with Crippen molar-refractivity contribution in [3.8, 4) is 11.5 Å². The molecule has 2 aromatic carbocycles. The summed E-state index contributed by atoms with van der Waals surface area (Å²) in [5.74, 6) is 1.24. The number of anilines is 1. The van der Waals surface area contributed by atoms with E-state index in [1.54, 1.807) is 13.2 Å². The van der Waals surface area contributed by atoms with E-state index in [1.807, 2.05) is 18.2 Å². The number of carbonyl (C=O) groups is 1. The van der Waals surface area contributed by atoms with Gasteiger partial charge in [0.15, 0.2) is 6.61 Å². The Balaban J connectivity index is 1.40. The highest BCUT2D eigenvalue weighted by Crippen LogP contribution is 2.32. The fourth-order valence-corrected chi connectivity index (χ4v) is 4.58. The van der Waals surface area contributed by atoms with Crippen LogP contribution in [0, 0.1) is 0 Å². The van der Waals surface area contributed by atoms with Crippen molar-refractivity contribution >= 4 is 11.6 Å². The number of rotatable bonds is 8. The second kappa shape index (κ2) is 10.1. The van der Waals surface area contributed by atoms with E-state index in [-0.39, 0.29) is 18.6 Å². The van der Waals surface area contributed by atoms with Gasteiger partial charge in [0.2, 0.25) is 0 Å². The zero-order valence-electron chi connectivity index (χ0n) is 18.6. The molecule has 0 unspecified atom stereocenters. The van der Waals surface area contributed by atoms with Gasteiger partial charge in [0.25, 0.3) is 5.91 Å². The second-order valence-corrected chi connectivity index (χ2v) is 8.44. The van der Waals surface area contributed by atoms with Gasteiger partial charge < -0.3 is 19.7 Å². The molecule has 0 bridgehead atoms. The van der Waals surface area contributed by atoms with E-state index < -0.39 is 0 Å². The lowest BCUT2D eigenvalue weighted by molar-refractivity contribution is -0.123. The Morgan fingerprint density at radius 3 is 2.68 bits per heavy atom. The molecule has 2 aromatic rings. The molecule has 0 saturated carbocycles. The molecule has 0 spiro atoms. The summed E-state index contributed by atoms with van der Waals surface area (Å²) >= 11 is 0. The maximum absolute atomic E-state index is 12.5. The van der Waals surface area contributed by atoms with E-state index in [4.69, 9.17) is 9.47 Å². The van der Waals surface area contributed by atoms with E-state index in [2.05, 4.69) is 40.4 Å². The summed E-state index contributed by atoms with van der Waals surface area (Å²) in [6.45, 7) is 3.82. The summed E-state index contributed by atoms with van der Waals surface area (Å²) in [7, 11) is 3.76. The molecule has 166 valence electrons. The number of hydrogen-bond donors (Lipinski definition) is 1. The molecule has 6 nitrogen and oxygen atoms in total. The molecular formula is C25H33N3O3. The molecular weight excluding hydrogens is 390 g/mol. The largest absolute Gasteiger partial charge is 0.497 e. The van der Waals surface area contributed by atoms with Crippen LogP contribution in [-0.2, 0) is 11.2 Å². The Morgan fingerprint density at radius 1 is 1.06 bits per heavy atom. The van der Waals surface area contributed by atoms with Crippen LogP contribution < -0.4 is 19.7 Å². The molecule has 1 N–H and O–H groups in total. The number of piperidine rings is 1. The van der Waals surface area contributed by atoms with E-state index >= 15 is 0 Å². The highest BCUT2D eigenvalue weighted by molar-refractivity contribution is 5.77. The molecule has 6 heteroatoms. The summed E-state index contributed by atoms with van der Waals surface area (Å²) in [5, 5.41) is 3.11. The van der Waals surface area contributed by atoms with Crippen molar-refractivity contribution in [1.29, 1.82) is 0 Å². The van der Waals surface area contributed by atoms with Crippen molar-refractivity contribution in [3.63, 3.8) is 0 Å². The second-order valence-electron chi connectivity index (χ2n) is 8.44. The minimum absolute atomic E-state index is 0.00509. The van der Waals surface area contributed by atoms with Crippen LogP contribution in [-0.4, -0.2) is 57.8 Å². The Hall–Kier alpha value is -2.73. The number of nitrogens with one attached hydrogen (secondary N) is 1. The van der Waals surface area contributed by atoms with Gasteiger partial charge in [-0.25, -0.2) is 0 Å². The molecule has 1 fully saturated rings. The highest BCUT2D eigenvalue weighted by atomic mass is 16.5. The van der Waals surface area contributed by atoms with Crippen molar-refractivity contribution in [2.75, 3.05) is 51.8 Å². The van der Waals surface area contributed by atoms with Crippen LogP contribution in [0.1, 0.15) is 36.4 Å². The third kappa shape index (κ3) is 5.31. The van der Waals surface area contributed by atoms with Crippen LogP contribution in [0.15, 0.2) is 42.5 Å². The number of amides is 1. The molecule has 0 radical (unpaired) electrons. The Bertz CT molecular complexity index is 895. The number of benzene rings is 2. The zero-order valence-corrected chi connectivity index (χ0v) is 18.6. The number of likely N-dealkylation sites (N-methyl/N-ethyl adjacent to an activating group) is 1. The van der Waals surface area contributed by atoms with Gasteiger partial charge in [0.05, 0.1) is 13.2 Å². The normalized spacial score (nSPS) is 17.2. The molecule has 1 amide bonds. The van der Waals surface area contributed by atoms with Gasteiger partial charge in [0.1, 0.15) is 11.5 Å². The molecule has 2 aliphatic rings. The quantitative estimate of drug-likeness (QED) is 0.705. The van der Waals surface area contributed by atoms with E-state index in [0.717, 1.165) is 26.1 Å². The van der Waals surface area contributed by atoms with Crippen LogP contribution >= 0.6 is 0 Å². The van der Waals surface area contributed by atoms with Crippen LogP contribution in [0.2, 0.25) is 0 Å². The fourth-order valence-electron chi connectivity index (χ4n) is 4.58. The molecule has 0 aliphatic carbocycles. The van der Waals surface area contributed by atoms with Crippen molar-refractivity contribution in [3.05, 3.63) is 53.6 Å². The lowest BCUT2D eigenvalue weighted by Crippen LogP contribution is -2.41. The maximum Gasteiger partial charge on any atom is 0.258 e. The van der Waals surface area contributed by atoms with E-state index in [0.29, 0.717) is 18.0 Å². The smallest absolute Gasteiger partial charge is 0.258 e. The lowest BCUT2D eigenvalue weighted by atomic mass is 9.98. The van der Waals surface area contributed by atoms with Crippen LogP contribution in [0.4, 0.5) is 5.69 Å².